The number of hydrogen-bond acceptors (Lipinski definition) is 2. The largest absolute Gasteiger partial charge is 0.399 e. The third-order valence-electron chi connectivity index (χ3n) is 2.34. The second kappa shape index (κ2) is 4.15. The van der Waals surface area contributed by atoms with Crippen molar-refractivity contribution in [1.29, 1.82) is 0 Å². The summed E-state index contributed by atoms with van der Waals surface area (Å²) in [6.45, 7) is 0. The van der Waals surface area contributed by atoms with Crippen molar-refractivity contribution in [2.24, 2.45) is 0 Å². The zero-order valence-electron chi connectivity index (χ0n) is 8.30. The summed E-state index contributed by atoms with van der Waals surface area (Å²) >= 11 is 0. The van der Waals surface area contributed by atoms with E-state index in [1.54, 1.807) is 12.1 Å². The molecule has 1 unspecified atom stereocenters. The van der Waals surface area contributed by atoms with Gasteiger partial charge in [0.2, 0.25) is 0 Å². The molecule has 0 heterocycles. The average molecular weight is 199 g/mol. The SMILES string of the molecule is Nc1cccc(C(O)c2ccccc2)c1. The molecule has 15 heavy (non-hydrogen) atoms. The fourth-order valence-corrected chi connectivity index (χ4v) is 1.56. The Morgan fingerprint density at radius 1 is 0.867 bits per heavy atom. The van der Waals surface area contributed by atoms with Crippen molar-refractivity contribution >= 4 is 5.69 Å². The van der Waals surface area contributed by atoms with Gasteiger partial charge in [-0.2, -0.15) is 0 Å². The molecule has 2 heteroatoms. The molecule has 0 saturated heterocycles. The van der Waals surface area contributed by atoms with Crippen LogP contribution in [0.1, 0.15) is 17.2 Å². The maximum atomic E-state index is 10.1. The zero-order chi connectivity index (χ0) is 10.7. The fourth-order valence-electron chi connectivity index (χ4n) is 1.56. The van der Waals surface area contributed by atoms with Gasteiger partial charge in [-0.05, 0) is 23.3 Å². The Hall–Kier alpha value is -1.80. The summed E-state index contributed by atoms with van der Waals surface area (Å²) in [5, 5.41) is 10.1. The highest BCUT2D eigenvalue weighted by Crippen LogP contribution is 2.22. The average Bonchev–Trinajstić information content (AvgIpc) is 2.29. The lowest BCUT2D eigenvalue weighted by atomic mass is 10.0. The molecule has 2 nitrogen and oxygen atoms in total. The van der Waals surface area contributed by atoms with Gasteiger partial charge in [0.05, 0.1) is 0 Å². The van der Waals surface area contributed by atoms with E-state index in [0.717, 1.165) is 11.1 Å². The minimum Gasteiger partial charge on any atom is -0.399 e. The first-order chi connectivity index (χ1) is 7.27. The Kier molecular flexibility index (Phi) is 2.70. The molecule has 3 N–H and O–H groups in total. The van der Waals surface area contributed by atoms with E-state index < -0.39 is 6.10 Å². The van der Waals surface area contributed by atoms with Crippen molar-refractivity contribution in [2.45, 2.75) is 6.10 Å². The summed E-state index contributed by atoms with van der Waals surface area (Å²) in [6.07, 6.45) is -0.602. The molecule has 0 aliphatic rings. The van der Waals surface area contributed by atoms with E-state index in [9.17, 15) is 5.11 Å². The third kappa shape index (κ3) is 2.17. The number of aliphatic hydroxyl groups is 1. The van der Waals surface area contributed by atoms with Crippen LogP contribution in [-0.4, -0.2) is 5.11 Å². The Morgan fingerprint density at radius 3 is 2.20 bits per heavy atom. The van der Waals surface area contributed by atoms with Crippen LogP contribution in [0.15, 0.2) is 54.6 Å². The van der Waals surface area contributed by atoms with E-state index in [1.807, 2.05) is 42.5 Å². The molecule has 0 aliphatic heterocycles. The van der Waals surface area contributed by atoms with E-state index in [0.29, 0.717) is 5.69 Å². The highest BCUT2D eigenvalue weighted by Gasteiger charge is 2.09. The van der Waals surface area contributed by atoms with Crippen LogP contribution in [-0.2, 0) is 0 Å². The van der Waals surface area contributed by atoms with Crippen LogP contribution in [0.25, 0.3) is 0 Å². The molecule has 0 radical (unpaired) electrons. The second-order valence-corrected chi connectivity index (χ2v) is 3.48. The molecule has 0 saturated carbocycles. The van der Waals surface area contributed by atoms with Crippen LogP contribution < -0.4 is 5.73 Å². The summed E-state index contributed by atoms with van der Waals surface area (Å²) in [4.78, 5) is 0. The van der Waals surface area contributed by atoms with E-state index in [4.69, 9.17) is 5.73 Å². The van der Waals surface area contributed by atoms with Gasteiger partial charge in [-0.1, -0.05) is 42.5 Å². The molecule has 0 aromatic heterocycles. The van der Waals surface area contributed by atoms with Crippen LogP contribution >= 0.6 is 0 Å². The smallest absolute Gasteiger partial charge is 0.104 e. The molecule has 2 aromatic rings. The lowest BCUT2D eigenvalue weighted by molar-refractivity contribution is 0.220. The molecule has 0 bridgehead atoms. The van der Waals surface area contributed by atoms with Crippen molar-refractivity contribution in [1.82, 2.24) is 0 Å². The summed E-state index contributed by atoms with van der Waals surface area (Å²) in [5.41, 5.74) is 8.03. The van der Waals surface area contributed by atoms with Gasteiger partial charge >= 0.3 is 0 Å². The van der Waals surface area contributed by atoms with Gasteiger partial charge in [0.15, 0.2) is 0 Å². The van der Waals surface area contributed by atoms with Gasteiger partial charge in [-0.3, -0.25) is 0 Å². The normalized spacial score (nSPS) is 12.3. The number of nitrogens with two attached hydrogens (primary N) is 1. The summed E-state index contributed by atoms with van der Waals surface area (Å²) < 4.78 is 0. The summed E-state index contributed by atoms with van der Waals surface area (Å²) in [6, 6.07) is 16.8. The fraction of sp³-hybridized carbons (Fsp3) is 0.0769. The van der Waals surface area contributed by atoms with Gasteiger partial charge < -0.3 is 10.8 Å². The van der Waals surface area contributed by atoms with Crippen LogP contribution in [0.4, 0.5) is 5.69 Å². The summed E-state index contributed by atoms with van der Waals surface area (Å²) in [7, 11) is 0. The molecule has 1 atom stereocenters. The van der Waals surface area contributed by atoms with Crippen molar-refractivity contribution < 1.29 is 5.11 Å². The Morgan fingerprint density at radius 2 is 1.53 bits per heavy atom. The van der Waals surface area contributed by atoms with Crippen LogP contribution in [0, 0.1) is 0 Å². The molecule has 0 aliphatic carbocycles. The van der Waals surface area contributed by atoms with Crippen LogP contribution in [0.2, 0.25) is 0 Å². The van der Waals surface area contributed by atoms with Gasteiger partial charge in [0, 0.05) is 5.69 Å². The third-order valence-corrected chi connectivity index (χ3v) is 2.34. The van der Waals surface area contributed by atoms with Crippen molar-refractivity contribution in [3.8, 4) is 0 Å². The first-order valence-electron chi connectivity index (χ1n) is 4.86. The van der Waals surface area contributed by atoms with Crippen molar-refractivity contribution in [3.05, 3.63) is 65.7 Å². The van der Waals surface area contributed by atoms with E-state index in [-0.39, 0.29) is 0 Å². The number of anilines is 1. The van der Waals surface area contributed by atoms with E-state index in [1.165, 1.54) is 0 Å². The van der Waals surface area contributed by atoms with Gasteiger partial charge in [-0.15, -0.1) is 0 Å². The first kappa shape index (κ1) is 9.74. The number of hydrogen-bond donors (Lipinski definition) is 2. The molecule has 2 aromatic carbocycles. The minimum atomic E-state index is -0.602. The summed E-state index contributed by atoms with van der Waals surface area (Å²) in [5.74, 6) is 0. The highest BCUT2D eigenvalue weighted by atomic mass is 16.3. The number of benzene rings is 2. The van der Waals surface area contributed by atoms with Gasteiger partial charge in [-0.25, -0.2) is 0 Å². The molecule has 2 rings (SSSR count). The zero-order valence-corrected chi connectivity index (χ0v) is 8.30. The van der Waals surface area contributed by atoms with Gasteiger partial charge in [0.25, 0.3) is 0 Å². The standard InChI is InChI=1S/C13H13NO/c14-12-8-4-7-11(9-12)13(15)10-5-2-1-3-6-10/h1-9,13,15H,14H2. The number of nitrogen functional groups attached to an aromatic ring is 1. The van der Waals surface area contributed by atoms with Crippen LogP contribution in [0.5, 0.6) is 0 Å². The lowest BCUT2D eigenvalue weighted by Crippen LogP contribution is -1.99. The van der Waals surface area contributed by atoms with Gasteiger partial charge in [0.1, 0.15) is 6.10 Å². The van der Waals surface area contributed by atoms with Crippen LogP contribution in [0.3, 0.4) is 0 Å². The predicted octanol–water partition coefficient (Wildman–Crippen LogP) is 2.35. The number of aliphatic hydroxyl groups excluding tert-OH is 1. The Balaban J connectivity index is 2.32. The lowest BCUT2D eigenvalue weighted by Gasteiger charge is -2.11. The van der Waals surface area contributed by atoms with Crippen molar-refractivity contribution in [2.75, 3.05) is 5.73 Å². The molecular formula is C13H13NO. The topological polar surface area (TPSA) is 46.2 Å². The molecule has 0 fully saturated rings. The maximum absolute atomic E-state index is 10.1. The second-order valence-electron chi connectivity index (χ2n) is 3.48. The minimum absolute atomic E-state index is 0.602. The predicted molar refractivity (Wildman–Crippen MR) is 61.4 cm³/mol. The maximum Gasteiger partial charge on any atom is 0.104 e. The monoisotopic (exact) mass is 199 g/mol. The molecule has 0 spiro atoms. The Bertz CT molecular complexity index is 439. The molecular weight excluding hydrogens is 186 g/mol. The molecule has 0 amide bonds. The molecule has 76 valence electrons. The van der Waals surface area contributed by atoms with Crippen molar-refractivity contribution in [3.63, 3.8) is 0 Å². The van der Waals surface area contributed by atoms with E-state index in [2.05, 4.69) is 0 Å². The highest BCUT2D eigenvalue weighted by molar-refractivity contribution is 5.43. The Labute approximate surface area is 89.0 Å². The number of rotatable bonds is 2. The first-order valence-corrected chi connectivity index (χ1v) is 4.86. The quantitative estimate of drug-likeness (QED) is 0.729. The van der Waals surface area contributed by atoms with E-state index >= 15 is 0 Å².